The number of carbonyl (C=O) groups excluding carboxylic acids is 1. The maximum atomic E-state index is 10.5. The van der Waals surface area contributed by atoms with Gasteiger partial charge in [0.05, 0.1) is 12.1 Å². The predicted octanol–water partition coefficient (Wildman–Crippen LogP) is 3.48. The van der Waals surface area contributed by atoms with E-state index in [-0.39, 0.29) is 0 Å². The Morgan fingerprint density at radius 2 is 1.88 bits per heavy atom. The molecule has 0 spiro atoms. The molecule has 0 aliphatic carbocycles. The van der Waals surface area contributed by atoms with Crippen molar-refractivity contribution in [2.45, 2.75) is 27.2 Å². The molecule has 0 saturated heterocycles. The van der Waals surface area contributed by atoms with Gasteiger partial charge in [-0.1, -0.05) is 6.07 Å². The van der Waals surface area contributed by atoms with Gasteiger partial charge in [0.25, 0.3) is 0 Å². The fraction of sp³-hybridized carbons (Fsp3) is 0.286. The van der Waals surface area contributed by atoms with E-state index in [0.717, 1.165) is 17.0 Å². The summed E-state index contributed by atoms with van der Waals surface area (Å²) in [6, 6.07) is 4.35. The summed E-state index contributed by atoms with van der Waals surface area (Å²) < 4.78 is 0. The van der Waals surface area contributed by atoms with Gasteiger partial charge < -0.3 is 4.79 Å². The lowest BCUT2D eigenvalue weighted by atomic mass is 9.99. The molecule has 0 N–H and O–H groups in total. The lowest BCUT2D eigenvalue weighted by Gasteiger charge is -2.07. The van der Waals surface area contributed by atoms with Crippen molar-refractivity contribution in [3.63, 3.8) is 0 Å². The van der Waals surface area contributed by atoms with E-state index in [1.165, 1.54) is 22.3 Å². The van der Waals surface area contributed by atoms with Crippen LogP contribution in [0.25, 0.3) is 11.3 Å². The molecule has 1 aromatic carbocycles. The minimum Gasteiger partial charge on any atom is -0.303 e. The van der Waals surface area contributed by atoms with E-state index in [2.05, 4.69) is 37.9 Å². The van der Waals surface area contributed by atoms with E-state index in [1.807, 2.05) is 5.38 Å². The average molecular weight is 245 g/mol. The molecule has 0 bridgehead atoms. The standard InChI is InChI=1S/C14H15NOS/c1-9-6-11(3)12(7-10(9)2)13-8-17-14(15-13)4-5-16/h5-8H,4H2,1-3H3. The Kier molecular flexibility index (Phi) is 3.38. The molecule has 1 heterocycles. The summed E-state index contributed by atoms with van der Waals surface area (Å²) in [4.78, 5) is 14.9. The van der Waals surface area contributed by atoms with Crippen molar-refractivity contribution < 1.29 is 4.79 Å². The highest BCUT2D eigenvalue weighted by Gasteiger charge is 2.08. The number of aldehydes is 1. The number of benzene rings is 1. The molecule has 17 heavy (non-hydrogen) atoms. The summed E-state index contributed by atoms with van der Waals surface area (Å²) in [5.74, 6) is 0. The highest BCUT2D eigenvalue weighted by molar-refractivity contribution is 7.10. The van der Waals surface area contributed by atoms with Gasteiger partial charge in [-0.2, -0.15) is 0 Å². The van der Waals surface area contributed by atoms with Gasteiger partial charge in [0.2, 0.25) is 0 Å². The molecule has 0 radical (unpaired) electrons. The van der Waals surface area contributed by atoms with E-state index in [1.54, 1.807) is 11.3 Å². The Morgan fingerprint density at radius 3 is 2.59 bits per heavy atom. The van der Waals surface area contributed by atoms with Crippen molar-refractivity contribution in [3.8, 4) is 11.3 Å². The third-order valence-corrected chi connectivity index (χ3v) is 3.80. The van der Waals surface area contributed by atoms with Gasteiger partial charge in [-0.3, -0.25) is 0 Å². The SMILES string of the molecule is Cc1cc(C)c(-c2csc(CC=O)n2)cc1C. The van der Waals surface area contributed by atoms with Crippen molar-refractivity contribution in [2.24, 2.45) is 0 Å². The van der Waals surface area contributed by atoms with Crippen molar-refractivity contribution in [3.05, 3.63) is 39.2 Å². The van der Waals surface area contributed by atoms with Gasteiger partial charge in [0.15, 0.2) is 0 Å². The van der Waals surface area contributed by atoms with Crippen LogP contribution < -0.4 is 0 Å². The maximum Gasteiger partial charge on any atom is 0.126 e. The number of aromatic nitrogens is 1. The second kappa shape index (κ2) is 4.80. The highest BCUT2D eigenvalue weighted by Crippen LogP contribution is 2.27. The van der Waals surface area contributed by atoms with Crippen LogP contribution in [0.2, 0.25) is 0 Å². The zero-order valence-corrected chi connectivity index (χ0v) is 11.1. The number of nitrogens with zero attached hydrogens (tertiary/aromatic N) is 1. The summed E-state index contributed by atoms with van der Waals surface area (Å²) >= 11 is 1.55. The molecule has 0 fully saturated rings. The molecule has 88 valence electrons. The Labute approximate surface area is 105 Å². The summed E-state index contributed by atoms with van der Waals surface area (Å²) in [5, 5.41) is 2.91. The first-order valence-corrected chi connectivity index (χ1v) is 6.46. The average Bonchev–Trinajstić information content (AvgIpc) is 2.72. The molecule has 0 amide bonds. The smallest absolute Gasteiger partial charge is 0.126 e. The van der Waals surface area contributed by atoms with Crippen LogP contribution in [0.1, 0.15) is 21.7 Å². The topological polar surface area (TPSA) is 30.0 Å². The van der Waals surface area contributed by atoms with E-state index >= 15 is 0 Å². The molecule has 2 rings (SSSR count). The first kappa shape index (κ1) is 12.0. The molecule has 0 atom stereocenters. The number of hydrogen-bond acceptors (Lipinski definition) is 3. The minimum atomic E-state index is 0.411. The van der Waals surface area contributed by atoms with Gasteiger partial charge >= 0.3 is 0 Å². The van der Waals surface area contributed by atoms with Crippen molar-refractivity contribution >= 4 is 17.6 Å². The van der Waals surface area contributed by atoms with Gasteiger partial charge in [0.1, 0.15) is 11.3 Å². The molecule has 3 heteroatoms. The van der Waals surface area contributed by atoms with Crippen LogP contribution >= 0.6 is 11.3 Å². The molecule has 0 unspecified atom stereocenters. The fourth-order valence-electron chi connectivity index (χ4n) is 1.84. The molecule has 1 aromatic heterocycles. The van der Waals surface area contributed by atoms with Crippen LogP contribution in [0.4, 0.5) is 0 Å². The summed E-state index contributed by atoms with van der Waals surface area (Å²) in [5.41, 5.74) is 5.95. The zero-order valence-electron chi connectivity index (χ0n) is 10.3. The molecule has 0 aliphatic rings. The minimum absolute atomic E-state index is 0.411. The monoisotopic (exact) mass is 245 g/mol. The Bertz CT molecular complexity index is 557. The molecule has 0 aliphatic heterocycles. The van der Waals surface area contributed by atoms with Crippen LogP contribution in [0.3, 0.4) is 0 Å². The third kappa shape index (κ3) is 2.44. The Morgan fingerprint density at radius 1 is 1.18 bits per heavy atom. The maximum absolute atomic E-state index is 10.5. The number of rotatable bonds is 3. The molecule has 2 nitrogen and oxygen atoms in total. The molecular weight excluding hydrogens is 230 g/mol. The first-order valence-electron chi connectivity index (χ1n) is 5.58. The van der Waals surface area contributed by atoms with E-state index in [4.69, 9.17) is 0 Å². The number of carbonyl (C=O) groups is 1. The summed E-state index contributed by atoms with van der Waals surface area (Å²) in [7, 11) is 0. The highest BCUT2D eigenvalue weighted by atomic mass is 32.1. The van der Waals surface area contributed by atoms with Crippen molar-refractivity contribution in [1.29, 1.82) is 0 Å². The Hall–Kier alpha value is -1.48. The summed E-state index contributed by atoms with van der Waals surface area (Å²) in [6.45, 7) is 6.32. The lowest BCUT2D eigenvalue weighted by molar-refractivity contribution is -0.107. The molecule has 2 aromatic rings. The zero-order chi connectivity index (χ0) is 12.4. The third-order valence-electron chi connectivity index (χ3n) is 2.93. The van der Waals surface area contributed by atoms with Crippen LogP contribution in [-0.2, 0) is 11.2 Å². The van der Waals surface area contributed by atoms with Crippen molar-refractivity contribution in [1.82, 2.24) is 4.98 Å². The van der Waals surface area contributed by atoms with Gasteiger partial charge in [-0.05, 0) is 43.5 Å². The largest absolute Gasteiger partial charge is 0.303 e. The molecule has 0 saturated carbocycles. The van der Waals surface area contributed by atoms with Gasteiger partial charge in [-0.25, -0.2) is 4.98 Å². The van der Waals surface area contributed by atoms with Gasteiger partial charge in [-0.15, -0.1) is 11.3 Å². The number of hydrogen-bond donors (Lipinski definition) is 0. The number of aryl methyl sites for hydroxylation is 3. The molecular formula is C14H15NOS. The second-order valence-corrected chi connectivity index (χ2v) is 5.19. The lowest BCUT2D eigenvalue weighted by Crippen LogP contribution is -1.90. The van der Waals surface area contributed by atoms with Crippen LogP contribution in [0.5, 0.6) is 0 Å². The van der Waals surface area contributed by atoms with Crippen LogP contribution in [-0.4, -0.2) is 11.3 Å². The van der Waals surface area contributed by atoms with Crippen LogP contribution in [0.15, 0.2) is 17.5 Å². The van der Waals surface area contributed by atoms with Crippen molar-refractivity contribution in [2.75, 3.05) is 0 Å². The fourth-order valence-corrected chi connectivity index (χ4v) is 2.58. The van der Waals surface area contributed by atoms with Crippen LogP contribution in [0, 0.1) is 20.8 Å². The van der Waals surface area contributed by atoms with Gasteiger partial charge in [0, 0.05) is 10.9 Å². The number of thiazole rings is 1. The normalized spacial score (nSPS) is 10.5. The second-order valence-electron chi connectivity index (χ2n) is 4.25. The predicted molar refractivity (Wildman–Crippen MR) is 71.5 cm³/mol. The van der Waals surface area contributed by atoms with E-state index in [9.17, 15) is 4.79 Å². The summed E-state index contributed by atoms with van der Waals surface area (Å²) in [6.07, 6.45) is 1.31. The Balaban J connectivity index is 2.45. The first-order chi connectivity index (χ1) is 8.11. The quantitative estimate of drug-likeness (QED) is 0.775. The van der Waals surface area contributed by atoms with E-state index in [0.29, 0.717) is 6.42 Å². The van der Waals surface area contributed by atoms with E-state index < -0.39 is 0 Å².